The first kappa shape index (κ1) is 17.6. The molecular formula is C18H28N2O3. The van der Waals surface area contributed by atoms with Crippen LogP contribution in [-0.4, -0.2) is 40.7 Å². The van der Waals surface area contributed by atoms with Gasteiger partial charge in [0.15, 0.2) is 5.78 Å². The zero-order chi connectivity index (χ0) is 17.5. The highest BCUT2D eigenvalue weighted by molar-refractivity contribution is 6.07. The van der Waals surface area contributed by atoms with E-state index in [0.717, 1.165) is 5.82 Å². The Bertz CT molecular complexity index is 557. The molecule has 0 unspecified atom stereocenters. The molecule has 128 valence electrons. The van der Waals surface area contributed by atoms with E-state index < -0.39 is 5.41 Å². The van der Waals surface area contributed by atoms with Gasteiger partial charge in [0.25, 0.3) is 0 Å². The zero-order valence-electron chi connectivity index (χ0n) is 15.2. The highest BCUT2D eigenvalue weighted by atomic mass is 16.5. The number of methoxy groups -OCH3 is 1. The molecule has 2 aliphatic rings. The van der Waals surface area contributed by atoms with Crippen LogP contribution in [0.5, 0.6) is 0 Å². The monoisotopic (exact) mass is 320 g/mol. The molecule has 5 heteroatoms. The van der Waals surface area contributed by atoms with Gasteiger partial charge in [-0.05, 0) is 41.0 Å². The van der Waals surface area contributed by atoms with Gasteiger partial charge in [0, 0.05) is 30.4 Å². The van der Waals surface area contributed by atoms with Gasteiger partial charge in [0.2, 0.25) is 0 Å². The van der Waals surface area contributed by atoms with Crippen LogP contribution in [0, 0.1) is 11.3 Å². The predicted molar refractivity (Wildman–Crippen MR) is 89.0 cm³/mol. The van der Waals surface area contributed by atoms with Gasteiger partial charge in [-0.2, -0.15) is 0 Å². The van der Waals surface area contributed by atoms with E-state index in [1.807, 2.05) is 26.2 Å². The Hall–Kier alpha value is -1.78. The average molecular weight is 320 g/mol. The summed E-state index contributed by atoms with van der Waals surface area (Å²) in [6.45, 7) is 12.0. The molecule has 0 aromatic heterocycles. The largest absolute Gasteiger partial charge is 0.468 e. The summed E-state index contributed by atoms with van der Waals surface area (Å²) in [5.41, 5.74) is -0.309. The first-order chi connectivity index (χ1) is 10.6. The molecule has 2 atom stereocenters. The van der Waals surface area contributed by atoms with Gasteiger partial charge in [-0.15, -0.1) is 0 Å². The van der Waals surface area contributed by atoms with E-state index in [0.29, 0.717) is 12.0 Å². The second-order valence-electron chi connectivity index (χ2n) is 7.29. The summed E-state index contributed by atoms with van der Waals surface area (Å²) in [5, 5.41) is 0. The summed E-state index contributed by atoms with van der Waals surface area (Å²) >= 11 is 0. The number of nitrogens with zero attached hydrogens (tertiary/aromatic N) is 2. The lowest BCUT2D eigenvalue weighted by Crippen LogP contribution is -2.38. The summed E-state index contributed by atoms with van der Waals surface area (Å²) in [6, 6.07) is 0.395. The fourth-order valence-corrected chi connectivity index (χ4v) is 3.60. The minimum absolute atomic E-state index is 0.0490. The van der Waals surface area contributed by atoms with Crippen molar-refractivity contribution in [3.63, 3.8) is 0 Å². The maximum atomic E-state index is 12.9. The van der Waals surface area contributed by atoms with Crippen molar-refractivity contribution in [2.24, 2.45) is 11.3 Å². The van der Waals surface area contributed by atoms with Crippen LogP contribution in [0.15, 0.2) is 23.8 Å². The van der Waals surface area contributed by atoms with E-state index in [2.05, 4.69) is 37.5 Å². The first-order valence-electron chi connectivity index (χ1n) is 8.27. The van der Waals surface area contributed by atoms with Crippen molar-refractivity contribution >= 4 is 11.8 Å². The molecule has 23 heavy (non-hydrogen) atoms. The van der Waals surface area contributed by atoms with E-state index in [-0.39, 0.29) is 29.8 Å². The third-order valence-electron chi connectivity index (χ3n) is 4.81. The molecule has 0 N–H and O–H groups in total. The molecule has 1 fully saturated rings. The van der Waals surface area contributed by atoms with Gasteiger partial charge in [0.1, 0.15) is 5.82 Å². The maximum absolute atomic E-state index is 12.9. The highest BCUT2D eigenvalue weighted by Gasteiger charge is 2.53. The van der Waals surface area contributed by atoms with Gasteiger partial charge in [0.05, 0.1) is 18.1 Å². The number of carbonyl (C=O) groups is 2. The number of carbonyl (C=O) groups excluding carboxylic acids is 2. The van der Waals surface area contributed by atoms with Crippen molar-refractivity contribution in [2.45, 2.75) is 60.0 Å². The Morgan fingerprint density at radius 3 is 2.09 bits per heavy atom. The van der Waals surface area contributed by atoms with Gasteiger partial charge < -0.3 is 14.5 Å². The number of esters is 1. The van der Waals surface area contributed by atoms with Crippen LogP contribution in [0.3, 0.4) is 0 Å². The molecule has 0 spiro atoms. The molecule has 1 saturated carbocycles. The summed E-state index contributed by atoms with van der Waals surface area (Å²) in [7, 11) is 1.39. The molecule has 1 heterocycles. The number of Topliss-reactive ketones (excluding diaryl/α,β-unsaturated/α-hetero) is 1. The van der Waals surface area contributed by atoms with Crippen LogP contribution in [0.25, 0.3) is 0 Å². The summed E-state index contributed by atoms with van der Waals surface area (Å²) in [4.78, 5) is 29.6. The van der Waals surface area contributed by atoms with Crippen LogP contribution >= 0.6 is 0 Å². The average Bonchev–Trinajstić information content (AvgIpc) is 2.99. The van der Waals surface area contributed by atoms with E-state index in [1.165, 1.54) is 7.11 Å². The fourth-order valence-electron chi connectivity index (χ4n) is 3.60. The van der Waals surface area contributed by atoms with Crippen molar-refractivity contribution in [1.82, 2.24) is 9.80 Å². The topological polar surface area (TPSA) is 49.9 Å². The molecule has 0 amide bonds. The summed E-state index contributed by atoms with van der Waals surface area (Å²) < 4.78 is 5.03. The van der Waals surface area contributed by atoms with Crippen molar-refractivity contribution in [3.8, 4) is 0 Å². The molecular weight excluding hydrogens is 292 g/mol. The van der Waals surface area contributed by atoms with E-state index in [4.69, 9.17) is 4.74 Å². The Morgan fingerprint density at radius 2 is 1.70 bits per heavy atom. The van der Waals surface area contributed by atoms with E-state index in [9.17, 15) is 9.59 Å². The first-order valence-corrected chi connectivity index (χ1v) is 8.27. The normalized spacial score (nSPS) is 27.9. The molecule has 0 bridgehead atoms. The third kappa shape index (κ3) is 2.66. The molecule has 0 radical (unpaired) electrons. The lowest BCUT2D eigenvalue weighted by Gasteiger charge is -2.34. The molecule has 1 aliphatic carbocycles. The van der Waals surface area contributed by atoms with Gasteiger partial charge in [-0.1, -0.05) is 6.92 Å². The van der Waals surface area contributed by atoms with Gasteiger partial charge >= 0.3 is 5.97 Å². The fraction of sp³-hybridized carbons (Fsp3) is 0.667. The lowest BCUT2D eigenvalue weighted by atomic mass is 9.83. The van der Waals surface area contributed by atoms with Crippen LogP contribution in [0.2, 0.25) is 0 Å². The molecule has 0 saturated heterocycles. The van der Waals surface area contributed by atoms with Crippen LogP contribution < -0.4 is 0 Å². The molecule has 1 aliphatic heterocycles. The quantitative estimate of drug-likeness (QED) is 0.591. The molecule has 2 rings (SSSR count). The Morgan fingerprint density at radius 1 is 1.22 bits per heavy atom. The minimum Gasteiger partial charge on any atom is -0.468 e. The Balaban J connectivity index is 2.69. The second-order valence-corrected chi connectivity index (χ2v) is 7.29. The number of ether oxygens (including phenoxy) is 1. The SMILES string of the molecule is COC(=O)[C@]1(C)C[C@@H](C)C(=O)C1=C1N(C(C)C)C=CN1C(C)C. The molecule has 0 aromatic rings. The lowest BCUT2D eigenvalue weighted by molar-refractivity contribution is -0.149. The summed E-state index contributed by atoms with van der Waals surface area (Å²) in [5.74, 6) is 0.368. The van der Waals surface area contributed by atoms with Crippen LogP contribution in [0.4, 0.5) is 0 Å². The van der Waals surface area contributed by atoms with Crippen LogP contribution in [-0.2, 0) is 14.3 Å². The molecule has 0 aromatic carbocycles. The van der Waals surface area contributed by atoms with E-state index in [1.54, 1.807) is 0 Å². The van der Waals surface area contributed by atoms with Crippen molar-refractivity contribution in [1.29, 1.82) is 0 Å². The number of ketones is 1. The minimum atomic E-state index is -0.896. The highest BCUT2D eigenvalue weighted by Crippen LogP contribution is 2.48. The van der Waals surface area contributed by atoms with E-state index >= 15 is 0 Å². The zero-order valence-corrected chi connectivity index (χ0v) is 15.2. The molecule has 5 nitrogen and oxygen atoms in total. The summed E-state index contributed by atoms with van der Waals surface area (Å²) in [6.07, 6.45) is 4.47. The Kier molecular flexibility index (Phi) is 4.60. The number of hydrogen-bond donors (Lipinski definition) is 0. The number of rotatable bonds is 3. The predicted octanol–water partition coefficient (Wildman–Crippen LogP) is 2.89. The number of hydrogen-bond acceptors (Lipinski definition) is 5. The van der Waals surface area contributed by atoms with Crippen LogP contribution in [0.1, 0.15) is 48.0 Å². The van der Waals surface area contributed by atoms with Crippen molar-refractivity contribution in [2.75, 3.05) is 7.11 Å². The van der Waals surface area contributed by atoms with Gasteiger partial charge in [-0.3, -0.25) is 9.59 Å². The smallest absolute Gasteiger partial charge is 0.316 e. The third-order valence-corrected chi connectivity index (χ3v) is 4.81. The second kappa shape index (κ2) is 6.02. The van der Waals surface area contributed by atoms with Crippen molar-refractivity contribution < 1.29 is 14.3 Å². The maximum Gasteiger partial charge on any atom is 0.316 e. The standard InChI is InChI=1S/C18H28N2O3/c1-11(2)19-8-9-20(12(3)4)16(19)14-15(21)13(5)10-18(14,6)17(22)23-7/h8-9,11-13H,10H2,1-7H3/t13-,18-/m1/s1. The van der Waals surface area contributed by atoms with Gasteiger partial charge in [-0.25, -0.2) is 0 Å². The van der Waals surface area contributed by atoms with Crippen molar-refractivity contribution in [3.05, 3.63) is 23.8 Å². The Labute approximate surface area is 139 Å².